The summed E-state index contributed by atoms with van der Waals surface area (Å²) in [4.78, 5) is 12.3. The Balaban J connectivity index is 2.50. The lowest BCUT2D eigenvalue weighted by Gasteiger charge is -2.22. The molecule has 7 nitrogen and oxygen atoms in total. The number of alkyl halides is 3. The number of nitrogens with zero attached hydrogens (tertiary/aromatic N) is 1. The molecule has 0 aliphatic carbocycles. The molecule has 0 aliphatic rings. The molecular weight excluding hydrogens is 425 g/mol. The summed E-state index contributed by atoms with van der Waals surface area (Å²) >= 11 is 0. The molecule has 168 valence electrons. The smallest absolute Gasteiger partial charge is 0.380 e. The summed E-state index contributed by atoms with van der Waals surface area (Å²) in [5, 5.41) is 21.4. The van der Waals surface area contributed by atoms with Gasteiger partial charge in [-0.25, -0.2) is 0 Å². The van der Waals surface area contributed by atoms with Crippen LogP contribution in [0.5, 0.6) is 0 Å². The highest BCUT2D eigenvalue weighted by Crippen LogP contribution is 2.33. The molecule has 11 heteroatoms. The number of anilines is 1. The molecule has 0 heterocycles. The number of amides is 1. The van der Waals surface area contributed by atoms with Gasteiger partial charge in [-0.2, -0.15) is 26.9 Å². The van der Waals surface area contributed by atoms with E-state index in [4.69, 9.17) is 5.26 Å². The van der Waals surface area contributed by atoms with Crippen LogP contribution in [0.1, 0.15) is 56.6 Å². The molecule has 0 aromatic heterocycles. The number of nitriles is 1. The Morgan fingerprint density at radius 1 is 1.20 bits per heavy atom. The molecule has 1 unspecified atom stereocenters. The van der Waals surface area contributed by atoms with Crippen LogP contribution in [0.25, 0.3) is 0 Å². The Hall–Kier alpha value is -2.16. The van der Waals surface area contributed by atoms with Crippen molar-refractivity contribution < 1.29 is 35.7 Å². The predicted octanol–water partition coefficient (Wildman–Crippen LogP) is 3.58. The molecule has 1 rings (SSSR count). The van der Waals surface area contributed by atoms with Gasteiger partial charge in [-0.05, 0) is 38.0 Å². The normalized spacial score (nSPS) is 14.0. The molecule has 1 amide bonds. The van der Waals surface area contributed by atoms with Crippen LogP contribution in [0, 0.1) is 11.3 Å². The Morgan fingerprint density at radius 2 is 1.80 bits per heavy atom. The second-order valence-electron chi connectivity index (χ2n) is 7.14. The fraction of sp³-hybridized carbons (Fsp3) is 0.579. The summed E-state index contributed by atoms with van der Waals surface area (Å²) in [6.07, 6.45) is -0.482. The number of aliphatic hydroxyl groups is 1. The molecule has 1 atom stereocenters. The number of hydrogen-bond acceptors (Lipinski definition) is 6. The van der Waals surface area contributed by atoms with Crippen molar-refractivity contribution in [1.29, 1.82) is 5.26 Å². The lowest BCUT2D eigenvalue weighted by atomic mass is 9.96. The van der Waals surface area contributed by atoms with E-state index in [0.29, 0.717) is 25.3 Å². The van der Waals surface area contributed by atoms with Crippen LogP contribution in [-0.2, 0) is 25.3 Å². The highest BCUT2D eigenvalue weighted by Gasteiger charge is 2.35. The predicted molar refractivity (Wildman–Crippen MR) is 104 cm³/mol. The van der Waals surface area contributed by atoms with E-state index in [9.17, 15) is 31.5 Å². The minimum absolute atomic E-state index is 0.0983. The molecule has 1 aromatic rings. The highest BCUT2D eigenvalue weighted by molar-refractivity contribution is 7.85. The van der Waals surface area contributed by atoms with Crippen molar-refractivity contribution in [3.63, 3.8) is 0 Å². The van der Waals surface area contributed by atoms with Gasteiger partial charge in [0.1, 0.15) is 5.60 Å². The van der Waals surface area contributed by atoms with Crippen molar-refractivity contribution in [1.82, 2.24) is 0 Å². The zero-order valence-corrected chi connectivity index (χ0v) is 17.6. The molecule has 0 fully saturated rings. The van der Waals surface area contributed by atoms with Crippen LogP contribution >= 0.6 is 0 Å². The van der Waals surface area contributed by atoms with Gasteiger partial charge in [0, 0.05) is 5.69 Å². The number of benzene rings is 1. The number of nitrogens with one attached hydrogen (secondary N) is 1. The molecule has 1 aromatic carbocycles. The van der Waals surface area contributed by atoms with Gasteiger partial charge in [0.25, 0.3) is 16.0 Å². The average Bonchev–Trinajstić information content (AvgIpc) is 2.62. The summed E-state index contributed by atoms with van der Waals surface area (Å²) in [6, 6.07) is 4.24. The second-order valence-corrected chi connectivity index (χ2v) is 8.79. The fourth-order valence-corrected chi connectivity index (χ4v) is 3.07. The zero-order chi connectivity index (χ0) is 23.0. The van der Waals surface area contributed by atoms with Crippen molar-refractivity contribution in [3.8, 4) is 6.07 Å². The maximum atomic E-state index is 13.0. The number of rotatable bonds is 11. The Morgan fingerprint density at radius 3 is 2.37 bits per heavy atom. The lowest BCUT2D eigenvalue weighted by Crippen LogP contribution is -2.40. The molecule has 0 aliphatic heterocycles. The molecule has 0 saturated carbocycles. The fourth-order valence-electron chi connectivity index (χ4n) is 2.65. The lowest BCUT2D eigenvalue weighted by molar-refractivity contribution is -0.138. The van der Waals surface area contributed by atoms with Crippen LogP contribution in [0.15, 0.2) is 18.2 Å². The maximum absolute atomic E-state index is 13.0. The van der Waals surface area contributed by atoms with Gasteiger partial charge < -0.3 is 10.4 Å². The summed E-state index contributed by atoms with van der Waals surface area (Å²) in [5.74, 6) is -0.845. The van der Waals surface area contributed by atoms with Gasteiger partial charge >= 0.3 is 6.18 Å². The van der Waals surface area contributed by atoms with Crippen LogP contribution in [-0.4, -0.2) is 37.9 Å². The highest BCUT2D eigenvalue weighted by atomic mass is 32.2. The van der Waals surface area contributed by atoms with Crippen molar-refractivity contribution in [2.45, 2.75) is 57.2 Å². The first-order valence-corrected chi connectivity index (χ1v) is 11.1. The SMILES string of the molecule is CC(O)(CCCCCCCOS(C)(=O)=O)C(=O)Nc1ccc(C#N)c(C(F)(F)F)c1. The number of halogens is 3. The van der Waals surface area contributed by atoms with Crippen LogP contribution < -0.4 is 5.32 Å². The summed E-state index contributed by atoms with van der Waals surface area (Å²) < 4.78 is 65.3. The number of hydrogen-bond donors (Lipinski definition) is 2. The standard InChI is InChI=1S/C19H25F3N2O5S/c1-18(26,10-6-4-3-5-7-11-29-30(2,27)28)17(25)24-15-9-8-14(13-23)16(12-15)19(20,21)22/h8-9,12,26H,3-7,10-11H2,1-2H3,(H,24,25). The van der Waals surface area contributed by atoms with Gasteiger partial charge in [-0.1, -0.05) is 25.7 Å². The van der Waals surface area contributed by atoms with E-state index in [1.165, 1.54) is 19.1 Å². The number of carbonyl (C=O) groups is 1. The van der Waals surface area contributed by atoms with E-state index in [1.807, 2.05) is 0 Å². The minimum Gasteiger partial charge on any atom is -0.380 e. The molecule has 30 heavy (non-hydrogen) atoms. The first-order valence-electron chi connectivity index (χ1n) is 9.26. The summed E-state index contributed by atoms with van der Waals surface area (Å²) in [5.41, 5.74) is -3.68. The van der Waals surface area contributed by atoms with Gasteiger partial charge in [0.15, 0.2) is 0 Å². The third-order valence-corrected chi connectivity index (χ3v) is 4.89. The topological polar surface area (TPSA) is 116 Å². The Bertz CT molecular complexity index is 877. The molecule has 0 saturated heterocycles. The van der Waals surface area contributed by atoms with Crippen LogP contribution in [0.2, 0.25) is 0 Å². The molecule has 0 spiro atoms. The molecule has 0 radical (unpaired) electrons. The van der Waals surface area contributed by atoms with E-state index in [2.05, 4.69) is 9.50 Å². The van der Waals surface area contributed by atoms with Gasteiger partial charge in [0.05, 0.1) is 30.1 Å². The van der Waals surface area contributed by atoms with E-state index in [1.54, 1.807) is 0 Å². The zero-order valence-electron chi connectivity index (χ0n) is 16.8. The largest absolute Gasteiger partial charge is 0.417 e. The molecular formula is C19H25F3N2O5S. The van der Waals surface area contributed by atoms with E-state index < -0.39 is 38.9 Å². The van der Waals surface area contributed by atoms with Gasteiger partial charge in [-0.15, -0.1) is 0 Å². The van der Waals surface area contributed by atoms with Gasteiger partial charge in [0.2, 0.25) is 0 Å². The third kappa shape index (κ3) is 9.11. The van der Waals surface area contributed by atoms with E-state index in [-0.39, 0.29) is 18.7 Å². The van der Waals surface area contributed by atoms with E-state index in [0.717, 1.165) is 25.2 Å². The Labute approximate surface area is 174 Å². The maximum Gasteiger partial charge on any atom is 0.417 e. The van der Waals surface area contributed by atoms with Crippen molar-refractivity contribution in [2.24, 2.45) is 0 Å². The first kappa shape index (κ1) is 25.9. The number of carbonyl (C=O) groups excluding carboxylic acids is 1. The van der Waals surface area contributed by atoms with Gasteiger partial charge in [-0.3, -0.25) is 8.98 Å². The molecule has 0 bridgehead atoms. The number of unbranched alkanes of at least 4 members (excludes halogenated alkanes) is 4. The van der Waals surface area contributed by atoms with Crippen LogP contribution in [0.3, 0.4) is 0 Å². The average molecular weight is 450 g/mol. The van der Waals surface area contributed by atoms with Crippen molar-refractivity contribution in [3.05, 3.63) is 29.3 Å². The quantitative estimate of drug-likeness (QED) is 0.393. The third-order valence-electron chi connectivity index (χ3n) is 4.30. The first-order chi connectivity index (χ1) is 13.8. The van der Waals surface area contributed by atoms with E-state index >= 15 is 0 Å². The summed E-state index contributed by atoms with van der Waals surface area (Å²) in [6.45, 7) is 1.38. The van der Waals surface area contributed by atoms with Crippen molar-refractivity contribution in [2.75, 3.05) is 18.2 Å². The van der Waals surface area contributed by atoms with Crippen molar-refractivity contribution >= 4 is 21.7 Å². The molecule has 2 N–H and O–H groups in total. The van der Waals surface area contributed by atoms with Crippen LogP contribution in [0.4, 0.5) is 18.9 Å². The minimum atomic E-state index is -4.75. The monoisotopic (exact) mass is 450 g/mol. The second kappa shape index (κ2) is 10.7. The summed E-state index contributed by atoms with van der Waals surface area (Å²) in [7, 11) is -3.45. The Kier molecular flexibility index (Phi) is 9.27.